The van der Waals surface area contributed by atoms with Crippen LogP contribution in [0.5, 0.6) is 5.75 Å². The molecule has 3 heterocycles. The van der Waals surface area contributed by atoms with Gasteiger partial charge in [0.2, 0.25) is 0 Å². The van der Waals surface area contributed by atoms with Gasteiger partial charge in [-0.3, -0.25) is 15.0 Å². The van der Waals surface area contributed by atoms with E-state index in [0.29, 0.717) is 35.7 Å². The first-order valence-corrected chi connectivity index (χ1v) is 10.9. The van der Waals surface area contributed by atoms with Crippen LogP contribution in [0.15, 0.2) is 30.3 Å². The molecule has 1 N–H and O–H groups in total. The van der Waals surface area contributed by atoms with Crippen LogP contribution in [0.4, 0.5) is 5.69 Å². The number of unbranched alkanes of at least 4 members (excludes halogenated alkanes) is 1. The van der Waals surface area contributed by atoms with Crippen molar-refractivity contribution in [2.24, 2.45) is 0 Å². The second-order valence-electron chi connectivity index (χ2n) is 8.12. The van der Waals surface area contributed by atoms with Gasteiger partial charge >= 0.3 is 0 Å². The van der Waals surface area contributed by atoms with Crippen LogP contribution < -0.4 is 9.64 Å². The molecule has 1 atom stereocenters. The smallest absolute Gasteiger partial charge is 0.267 e. The van der Waals surface area contributed by atoms with Gasteiger partial charge in [0, 0.05) is 30.4 Å². The fraction of sp³-hybridized carbons (Fsp3) is 0.417. The molecule has 2 aliphatic heterocycles. The number of fused-ring (bicyclic) bond motifs is 2. The van der Waals surface area contributed by atoms with E-state index in [9.17, 15) is 9.59 Å². The molecule has 162 valence electrons. The van der Waals surface area contributed by atoms with Crippen LogP contribution in [0.25, 0.3) is 0 Å². The van der Waals surface area contributed by atoms with E-state index in [2.05, 4.69) is 11.9 Å². The van der Waals surface area contributed by atoms with E-state index in [-0.39, 0.29) is 24.1 Å². The topological polar surface area (TPSA) is 86.6 Å². The van der Waals surface area contributed by atoms with Gasteiger partial charge < -0.3 is 14.5 Å². The average molecular weight is 421 g/mol. The molecule has 1 aromatic carbocycles. The molecule has 2 aromatic rings. The van der Waals surface area contributed by atoms with Crippen molar-refractivity contribution in [3.63, 3.8) is 0 Å². The fourth-order valence-electron chi connectivity index (χ4n) is 4.05. The highest BCUT2D eigenvalue weighted by Gasteiger charge is 2.33. The molecule has 0 spiro atoms. The summed E-state index contributed by atoms with van der Waals surface area (Å²) in [6.07, 6.45) is 2.95. The van der Waals surface area contributed by atoms with Crippen LogP contribution in [0.2, 0.25) is 0 Å². The fourth-order valence-corrected chi connectivity index (χ4v) is 4.05. The maximum atomic E-state index is 13.0. The number of pyridine rings is 1. The lowest BCUT2D eigenvalue weighted by atomic mass is 10.0. The summed E-state index contributed by atoms with van der Waals surface area (Å²) in [7, 11) is 1.72. The number of nitrogens with one attached hydrogen (secondary N) is 1. The number of ketones is 1. The van der Waals surface area contributed by atoms with Crippen molar-refractivity contribution >= 4 is 23.2 Å². The van der Waals surface area contributed by atoms with Crippen molar-refractivity contribution in [1.82, 2.24) is 9.88 Å². The Hall–Kier alpha value is -3.22. The first kappa shape index (κ1) is 21.0. The Bertz CT molecular complexity index is 1050. The lowest BCUT2D eigenvalue weighted by Crippen LogP contribution is -2.43. The molecule has 31 heavy (non-hydrogen) atoms. The number of ether oxygens (including phenoxy) is 1. The van der Waals surface area contributed by atoms with Crippen LogP contribution in [0, 0.1) is 5.41 Å². The zero-order valence-electron chi connectivity index (χ0n) is 18.3. The standard InChI is InChI=1S/C24H28N4O3/c1-4-6-7-21-24(30)27(3)18-12-15(9-11-20(18)31-21)19(29)14-28-13-16-8-10-17(5-2)26-22(16)23(28)25/h8-12,21,25H,4-7,13-14H2,1-3H3. The Morgan fingerprint density at radius 2 is 2.06 bits per heavy atom. The Morgan fingerprint density at radius 3 is 2.81 bits per heavy atom. The number of likely N-dealkylation sites (N-methyl/N-ethyl adjacent to an activating group) is 1. The normalized spacial score (nSPS) is 17.5. The second-order valence-corrected chi connectivity index (χ2v) is 8.12. The maximum absolute atomic E-state index is 13.0. The summed E-state index contributed by atoms with van der Waals surface area (Å²) >= 11 is 0. The lowest BCUT2D eigenvalue weighted by molar-refractivity contribution is -0.126. The van der Waals surface area contributed by atoms with Crippen LogP contribution in [0.3, 0.4) is 0 Å². The van der Waals surface area contributed by atoms with Crippen molar-refractivity contribution in [1.29, 1.82) is 5.41 Å². The van der Waals surface area contributed by atoms with Gasteiger partial charge in [-0.05, 0) is 43.5 Å². The molecule has 7 heteroatoms. The van der Waals surface area contributed by atoms with Gasteiger partial charge in [-0.25, -0.2) is 4.98 Å². The summed E-state index contributed by atoms with van der Waals surface area (Å²) in [5.74, 6) is 0.716. The monoisotopic (exact) mass is 420 g/mol. The highest BCUT2D eigenvalue weighted by atomic mass is 16.5. The minimum Gasteiger partial charge on any atom is -0.478 e. The van der Waals surface area contributed by atoms with Gasteiger partial charge in [-0.15, -0.1) is 0 Å². The zero-order valence-corrected chi connectivity index (χ0v) is 18.3. The molecule has 0 fully saturated rings. The highest BCUT2D eigenvalue weighted by Crippen LogP contribution is 2.35. The minimum atomic E-state index is -0.469. The number of benzene rings is 1. The Balaban J connectivity index is 1.49. The predicted molar refractivity (Wildman–Crippen MR) is 119 cm³/mol. The van der Waals surface area contributed by atoms with E-state index in [0.717, 1.165) is 30.5 Å². The molecule has 0 saturated heterocycles. The minimum absolute atomic E-state index is 0.0832. The quantitative estimate of drug-likeness (QED) is 0.692. The van der Waals surface area contributed by atoms with Gasteiger partial charge in [-0.1, -0.05) is 26.3 Å². The van der Waals surface area contributed by atoms with E-state index in [1.165, 1.54) is 0 Å². The molecule has 1 unspecified atom stereocenters. The number of aromatic nitrogens is 1. The van der Waals surface area contributed by atoms with E-state index < -0.39 is 6.10 Å². The van der Waals surface area contributed by atoms with Crippen molar-refractivity contribution < 1.29 is 14.3 Å². The number of hydrogen-bond acceptors (Lipinski definition) is 5. The molecule has 2 aliphatic rings. The van der Waals surface area contributed by atoms with Crippen molar-refractivity contribution in [2.75, 3.05) is 18.5 Å². The number of aryl methyl sites for hydroxylation is 1. The number of nitrogens with zero attached hydrogens (tertiary/aromatic N) is 3. The van der Waals surface area contributed by atoms with Gasteiger partial charge in [0.25, 0.3) is 5.91 Å². The Labute approximate surface area is 182 Å². The third-order valence-electron chi connectivity index (χ3n) is 5.97. The lowest BCUT2D eigenvalue weighted by Gasteiger charge is -2.32. The van der Waals surface area contributed by atoms with Crippen LogP contribution >= 0.6 is 0 Å². The summed E-state index contributed by atoms with van der Waals surface area (Å²) in [5.41, 5.74) is 3.68. The summed E-state index contributed by atoms with van der Waals surface area (Å²) in [5, 5.41) is 8.44. The summed E-state index contributed by atoms with van der Waals surface area (Å²) in [6, 6.07) is 9.19. The van der Waals surface area contributed by atoms with Crippen molar-refractivity contribution in [3.05, 3.63) is 52.8 Å². The average Bonchev–Trinajstić information content (AvgIpc) is 3.09. The summed E-state index contributed by atoms with van der Waals surface area (Å²) in [6.45, 7) is 4.71. The number of Topliss-reactive ketones (excluding diaryl/α,β-unsaturated/α-hetero) is 1. The third-order valence-corrected chi connectivity index (χ3v) is 5.97. The molecular formula is C24H28N4O3. The zero-order chi connectivity index (χ0) is 22.1. The van der Waals surface area contributed by atoms with Crippen molar-refractivity contribution in [2.45, 2.75) is 52.2 Å². The van der Waals surface area contributed by atoms with E-state index in [1.54, 1.807) is 35.0 Å². The molecule has 0 bridgehead atoms. The largest absolute Gasteiger partial charge is 0.478 e. The molecule has 0 saturated carbocycles. The Morgan fingerprint density at radius 1 is 1.26 bits per heavy atom. The third kappa shape index (κ3) is 3.92. The van der Waals surface area contributed by atoms with Crippen molar-refractivity contribution in [3.8, 4) is 5.75 Å². The summed E-state index contributed by atoms with van der Waals surface area (Å²) < 4.78 is 5.91. The van der Waals surface area contributed by atoms with Crippen LogP contribution in [0.1, 0.15) is 60.4 Å². The first-order chi connectivity index (χ1) is 14.9. The van der Waals surface area contributed by atoms with Gasteiger partial charge in [0.15, 0.2) is 11.9 Å². The molecule has 0 radical (unpaired) electrons. The SMILES string of the molecule is CCCCC1Oc2ccc(C(=O)CN3Cc4ccc(CC)nc4C3=N)cc2N(C)C1=O. The van der Waals surface area contributed by atoms with E-state index in [4.69, 9.17) is 10.1 Å². The molecule has 0 aliphatic carbocycles. The molecule has 1 amide bonds. The predicted octanol–water partition coefficient (Wildman–Crippen LogP) is 3.58. The van der Waals surface area contributed by atoms with Gasteiger partial charge in [0.1, 0.15) is 17.3 Å². The number of amidine groups is 1. The molecule has 1 aromatic heterocycles. The van der Waals surface area contributed by atoms with Crippen LogP contribution in [-0.2, 0) is 17.8 Å². The number of carbonyl (C=O) groups excluding carboxylic acids is 2. The van der Waals surface area contributed by atoms with Crippen LogP contribution in [-0.4, -0.2) is 47.1 Å². The Kier molecular flexibility index (Phi) is 5.76. The second kappa shape index (κ2) is 8.49. The molecule has 7 nitrogen and oxygen atoms in total. The summed E-state index contributed by atoms with van der Waals surface area (Å²) in [4.78, 5) is 33.5. The number of hydrogen-bond donors (Lipinski definition) is 1. The van der Waals surface area contributed by atoms with E-state index in [1.807, 2.05) is 19.1 Å². The highest BCUT2D eigenvalue weighted by molar-refractivity contribution is 6.06. The number of carbonyl (C=O) groups is 2. The molecular weight excluding hydrogens is 392 g/mol. The van der Waals surface area contributed by atoms with Gasteiger partial charge in [0.05, 0.1) is 12.2 Å². The number of rotatable bonds is 7. The number of amides is 1. The molecule has 4 rings (SSSR count). The maximum Gasteiger partial charge on any atom is 0.267 e. The van der Waals surface area contributed by atoms with Gasteiger partial charge in [-0.2, -0.15) is 0 Å². The number of anilines is 1. The first-order valence-electron chi connectivity index (χ1n) is 10.9. The van der Waals surface area contributed by atoms with E-state index >= 15 is 0 Å².